The highest BCUT2D eigenvalue weighted by Gasteiger charge is 2.34. The fraction of sp³-hybridized carbons (Fsp3) is 0.211. The van der Waals surface area contributed by atoms with E-state index in [1.165, 1.54) is 38.4 Å². The quantitative estimate of drug-likeness (QED) is 0.513. The van der Waals surface area contributed by atoms with Crippen molar-refractivity contribution in [3.8, 4) is 5.75 Å². The molecule has 3 rings (SSSR count). The molecular weight excluding hydrogens is 464 g/mol. The zero-order valence-electron chi connectivity index (χ0n) is 16.4. The van der Waals surface area contributed by atoms with Crippen LogP contribution >= 0.6 is 0 Å². The first kappa shape index (κ1) is 23.6. The lowest BCUT2D eigenvalue weighted by Crippen LogP contribution is -2.22. The summed E-state index contributed by atoms with van der Waals surface area (Å²) in [7, 11) is -1.41. The summed E-state index contributed by atoms with van der Waals surface area (Å²) in [5.41, 5.74) is -1.71. The minimum Gasteiger partial charge on any atom is -0.406 e. The molecule has 0 saturated heterocycles. The third kappa shape index (κ3) is 5.22. The number of aromatic nitrogens is 1. The van der Waals surface area contributed by atoms with Gasteiger partial charge in [-0.15, -0.1) is 13.2 Å². The number of fused-ring (bicyclic) bond motifs is 1. The number of sulfonamides is 1. The van der Waals surface area contributed by atoms with Crippen LogP contribution in [0.5, 0.6) is 5.75 Å². The summed E-state index contributed by atoms with van der Waals surface area (Å²) in [6, 6.07) is 8.67. The minimum atomic E-state index is -4.94. The molecule has 0 radical (unpaired) electrons. The number of halogens is 6. The molecule has 6 nitrogen and oxygen atoms in total. The van der Waals surface area contributed by atoms with Crippen molar-refractivity contribution < 1.29 is 39.5 Å². The van der Waals surface area contributed by atoms with E-state index >= 15 is 0 Å². The zero-order valence-corrected chi connectivity index (χ0v) is 17.2. The van der Waals surface area contributed by atoms with Crippen molar-refractivity contribution in [3.63, 3.8) is 0 Å². The summed E-state index contributed by atoms with van der Waals surface area (Å²) < 4.78 is 107. The van der Waals surface area contributed by atoms with Crippen LogP contribution < -0.4 is 10.1 Å². The highest BCUT2D eigenvalue weighted by Crippen LogP contribution is 2.36. The fourth-order valence-corrected chi connectivity index (χ4v) is 3.68. The summed E-state index contributed by atoms with van der Waals surface area (Å²) >= 11 is 0. The van der Waals surface area contributed by atoms with E-state index in [0.29, 0.717) is 6.07 Å². The smallest absolute Gasteiger partial charge is 0.406 e. The number of alkyl halides is 6. The molecule has 0 bridgehead atoms. The molecule has 0 aliphatic heterocycles. The van der Waals surface area contributed by atoms with Crippen LogP contribution in [-0.2, 0) is 16.2 Å². The Morgan fingerprint density at radius 1 is 0.969 bits per heavy atom. The van der Waals surface area contributed by atoms with Crippen LogP contribution in [0.4, 0.5) is 37.7 Å². The van der Waals surface area contributed by atoms with Gasteiger partial charge in [-0.05, 0) is 36.4 Å². The first-order valence-electron chi connectivity index (χ1n) is 8.74. The van der Waals surface area contributed by atoms with Crippen LogP contribution in [0.3, 0.4) is 0 Å². The Labute approximate surface area is 178 Å². The van der Waals surface area contributed by atoms with E-state index in [1.807, 2.05) is 0 Å². The van der Waals surface area contributed by atoms with Gasteiger partial charge in [0.15, 0.2) is 0 Å². The van der Waals surface area contributed by atoms with Gasteiger partial charge in [-0.3, -0.25) is 0 Å². The predicted molar refractivity (Wildman–Crippen MR) is 104 cm³/mol. The highest BCUT2D eigenvalue weighted by atomic mass is 32.2. The van der Waals surface area contributed by atoms with Crippen molar-refractivity contribution in [3.05, 3.63) is 54.2 Å². The van der Waals surface area contributed by atoms with E-state index in [0.717, 1.165) is 22.5 Å². The van der Waals surface area contributed by atoms with Crippen LogP contribution in [0.15, 0.2) is 53.4 Å². The molecule has 13 heteroatoms. The number of nitrogens with zero attached hydrogens (tertiary/aromatic N) is 2. The molecule has 0 aliphatic carbocycles. The van der Waals surface area contributed by atoms with Gasteiger partial charge in [0.05, 0.1) is 16.1 Å². The lowest BCUT2D eigenvalue weighted by Gasteiger charge is -2.16. The van der Waals surface area contributed by atoms with Crippen LogP contribution in [0.2, 0.25) is 0 Å². The number of hydrogen-bond acceptors (Lipinski definition) is 5. The van der Waals surface area contributed by atoms with Crippen LogP contribution in [0, 0.1) is 0 Å². The predicted octanol–water partition coefficient (Wildman–Crippen LogP) is 5.15. The van der Waals surface area contributed by atoms with Gasteiger partial charge in [-0.2, -0.15) is 13.2 Å². The molecule has 0 spiro atoms. The van der Waals surface area contributed by atoms with Gasteiger partial charge in [0, 0.05) is 31.2 Å². The van der Waals surface area contributed by atoms with Gasteiger partial charge >= 0.3 is 12.5 Å². The van der Waals surface area contributed by atoms with Crippen molar-refractivity contribution in [1.82, 2.24) is 9.29 Å². The van der Waals surface area contributed by atoms with E-state index in [1.54, 1.807) is 0 Å². The van der Waals surface area contributed by atoms with Gasteiger partial charge in [0.1, 0.15) is 11.4 Å². The molecule has 1 N–H and O–H groups in total. The zero-order chi connectivity index (χ0) is 23.9. The monoisotopic (exact) mass is 479 g/mol. The standard InChI is InChI=1S/C19H15F6N3O3S/c1-28(2)32(29,30)13-6-7-14-15(9-13)27-17(18(20,21)22)10-16(14)26-11-4-3-5-12(8-11)31-19(23,24)25/h3-10H,1-2H3,(H,26,27). The second-order valence-electron chi connectivity index (χ2n) is 6.72. The Hall–Kier alpha value is -3.06. The molecular formula is C19H15F6N3O3S. The molecule has 32 heavy (non-hydrogen) atoms. The maximum atomic E-state index is 13.4. The van der Waals surface area contributed by atoms with Crippen molar-refractivity contribution >= 4 is 32.3 Å². The first-order chi connectivity index (χ1) is 14.7. The third-order valence-corrected chi connectivity index (χ3v) is 6.01. The molecule has 2 aromatic carbocycles. The summed E-state index contributed by atoms with van der Waals surface area (Å²) in [5.74, 6) is -0.573. The molecule has 0 aliphatic rings. The molecule has 0 unspecified atom stereocenters. The number of ether oxygens (including phenoxy) is 1. The number of benzene rings is 2. The average molecular weight is 479 g/mol. The largest absolute Gasteiger partial charge is 0.573 e. The lowest BCUT2D eigenvalue weighted by molar-refractivity contribution is -0.274. The SMILES string of the molecule is CN(C)S(=O)(=O)c1ccc2c(Nc3cccc(OC(F)(F)F)c3)cc(C(F)(F)F)nc2c1. The Morgan fingerprint density at radius 2 is 1.66 bits per heavy atom. The summed E-state index contributed by atoms with van der Waals surface area (Å²) in [6.45, 7) is 0. The molecule has 1 heterocycles. The first-order valence-corrected chi connectivity index (χ1v) is 10.2. The second-order valence-corrected chi connectivity index (χ2v) is 8.87. The fourth-order valence-electron chi connectivity index (χ4n) is 2.75. The maximum Gasteiger partial charge on any atom is 0.573 e. The van der Waals surface area contributed by atoms with Crippen molar-refractivity contribution in [2.45, 2.75) is 17.4 Å². The van der Waals surface area contributed by atoms with Gasteiger partial charge in [0.2, 0.25) is 10.0 Å². The van der Waals surface area contributed by atoms with E-state index < -0.39 is 34.0 Å². The van der Waals surface area contributed by atoms with Crippen LogP contribution in [-0.4, -0.2) is 38.2 Å². The minimum absolute atomic E-state index is 0.0114. The highest BCUT2D eigenvalue weighted by molar-refractivity contribution is 7.89. The van der Waals surface area contributed by atoms with Crippen molar-refractivity contribution in [1.29, 1.82) is 0 Å². The number of anilines is 2. The third-order valence-electron chi connectivity index (χ3n) is 4.20. The second kappa shape index (κ2) is 8.13. The molecule has 0 fully saturated rings. The summed E-state index contributed by atoms with van der Waals surface area (Å²) in [6.07, 6.45) is -9.80. The molecule has 1 aromatic heterocycles. The van der Waals surface area contributed by atoms with E-state index in [4.69, 9.17) is 0 Å². The topological polar surface area (TPSA) is 71.5 Å². The van der Waals surface area contributed by atoms with Crippen LogP contribution in [0.25, 0.3) is 10.9 Å². The van der Waals surface area contributed by atoms with Crippen molar-refractivity contribution in [2.24, 2.45) is 0 Å². The van der Waals surface area contributed by atoms with E-state index in [-0.39, 0.29) is 27.2 Å². The van der Waals surface area contributed by atoms with Crippen LogP contribution in [0.1, 0.15) is 5.69 Å². The van der Waals surface area contributed by atoms with Crippen molar-refractivity contribution in [2.75, 3.05) is 19.4 Å². The van der Waals surface area contributed by atoms with Gasteiger partial charge in [-0.25, -0.2) is 17.7 Å². The molecule has 0 saturated carbocycles. The van der Waals surface area contributed by atoms with Gasteiger partial charge in [0.25, 0.3) is 0 Å². The molecule has 172 valence electrons. The number of nitrogens with one attached hydrogen (secondary N) is 1. The lowest BCUT2D eigenvalue weighted by atomic mass is 10.1. The Kier molecular flexibility index (Phi) is 6.00. The van der Waals surface area contributed by atoms with Gasteiger partial charge in [-0.1, -0.05) is 6.07 Å². The number of hydrogen-bond donors (Lipinski definition) is 1. The maximum absolute atomic E-state index is 13.4. The number of rotatable bonds is 5. The normalized spacial score (nSPS) is 12.9. The van der Waals surface area contributed by atoms with E-state index in [2.05, 4.69) is 15.0 Å². The Balaban J connectivity index is 2.13. The molecule has 3 aromatic rings. The summed E-state index contributed by atoms with van der Waals surface area (Å²) in [4.78, 5) is 3.26. The Bertz CT molecular complexity index is 1260. The number of pyridine rings is 1. The molecule has 0 atom stereocenters. The summed E-state index contributed by atoms with van der Waals surface area (Å²) in [5, 5.41) is 2.74. The van der Waals surface area contributed by atoms with E-state index in [9.17, 15) is 34.8 Å². The molecule has 0 amide bonds. The average Bonchev–Trinajstić information content (AvgIpc) is 2.65. The van der Waals surface area contributed by atoms with Gasteiger partial charge < -0.3 is 10.1 Å². The Morgan fingerprint density at radius 3 is 2.25 bits per heavy atom.